The largest absolute Gasteiger partial charge is 0.445 e. The molecule has 0 saturated carbocycles. The second kappa shape index (κ2) is 6.04. The van der Waals surface area contributed by atoms with Crippen LogP contribution in [0.2, 0.25) is 0 Å². The van der Waals surface area contributed by atoms with Crippen LogP contribution < -0.4 is 10.2 Å². The van der Waals surface area contributed by atoms with E-state index in [1.165, 1.54) is 0 Å². The molecule has 2 rings (SSSR count). The normalized spacial score (nSPS) is 20.8. The van der Waals surface area contributed by atoms with Gasteiger partial charge in [-0.15, -0.1) is 10.2 Å². The predicted octanol–water partition coefficient (Wildman–Crippen LogP) is 2.53. The van der Waals surface area contributed by atoms with Gasteiger partial charge in [-0.3, -0.25) is 0 Å². The first kappa shape index (κ1) is 14.5. The molecule has 1 atom stereocenters. The summed E-state index contributed by atoms with van der Waals surface area (Å²) in [5, 5.41) is 9.60. The van der Waals surface area contributed by atoms with E-state index >= 15 is 0 Å². The number of hydrogen-bond acceptors (Lipinski definition) is 5. The number of nitrogens with zero attached hydrogens (tertiary/aromatic N) is 3. The van der Waals surface area contributed by atoms with Gasteiger partial charge >= 0.3 is 6.18 Å². The Hall–Kier alpha value is -0.890. The van der Waals surface area contributed by atoms with E-state index < -0.39 is 11.2 Å². The maximum atomic E-state index is 12.5. The summed E-state index contributed by atoms with van der Waals surface area (Å²) in [6.45, 7) is 1.62. The molecule has 2 heterocycles. The van der Waals surface area contributed by atoms with Gasteiger partial charge in [-0.2, -0.15) is 13.2 Å². The third-order valence-corrected chi connectivity index (χ3v) is 4.26. The van der Waals surface area contributed by atoms with E-state index in [9.17, 15) is 13.2 Å². The zero-order valence-corrected chi connectivity index (χ0v) is 11.5. The van der Waals surface area contributed by atoms with E-state index in [1.807, 2.05) is 11.9 Å². The number of hydrogen-bond donors (Lipinski definition) is 1. The van der Waals surface area contributed by atoms with Crippen molar-refractivity contribution in [3.63, 3.8) is 0 Å². The molecule has 0 aliphatic carbocycles. The number of alkyl halides is 3. The molecule has 108 valence electrons. The van der Waals surface area contributed by atoms with Gasteiger partial charge in [0.2, 0.25) is 10.1 Å². The van der Waals surface area contributed by atoms with Gasteiger partial charge in [0.25, 0.3) is 0 Å². The molecular formula is C11H17F3N4S. The van der Waals surface area contributed by atoms with Crippen LogP contribution in [-0.4, -0.2) is 36.4 Å². The maximum absolute atomic E-state index is 12.5. The van der Waals surface area contributed by atoms with Crippen molar-refractivity contribution in [2.45, 2.75) is 37.9 Å². The van der Waals surface area contributed by atoms with Crippen molar-refractivity contribution in [2.75, 3.05) is 25.0 Å². The Morgan fingerprint density at radius 1 is 1.37 bits per heavy atom. The van der Waals surface area contributed by atoms with Gasteiger partial charge in [-0.1, -0.05) is 11.3 Å². The molecule has 19 heavy (non-hydrogen) atoms. The van der Waals surface area contributed by atoms with Gasteiger partial charge in [0, 0.05) is 12.6 Å². The highest BCUT2D eigenvalue weighted by Gasteiger charge is 2.37. The molecule has 1 aromatic heterocycles. The standard InChI is InChI=1S/C11H17F3N4S/c1-15-6-5-8-4-2-3-7-18(8)10-17-16-9(19-10)11(12,13)14/h8,15H,2-7H2,1H3. The van der Waals surface area contributed by atoms with Crippen LogP contribution in [0.4, 0.5) is 18.3 Å². The minimum absolute atomic E-state index is 0.259. The lowest BCUT2D eigenvalue weighted by Crippen LogP contribution is -2.41. The molecule has 1 N–H and O–H groups in total. The smallest absolute Gasteiger partial charge is 0.344 e. The van der Waals surface area contributed by atoms with Crippen molar-refractivity contribution in [2.24, 2.45) is 0 Å². The zero-order chi connectivity index (χ0) is 13.9. The monoisotopic (exact) mass is 294 g/mol. The summed E-state index contributed by atoms with van der Waals surface area (Å²) in [5.41, 5.74) is 0. The quantitative estimate of drug-likeness (QED) is 0.926. The summed E-state index contributed by atoms with van der Waals surface area (Å²) in [4.78, 5) is 1.98. The number of aromatic nitrogens is 2. The third kappa shape index (κ3) is 3.56. The van der Waals surface area contributed by atoms with Crippen molar-refractivity contribution in [3.05, 3.63) is 5.01 Å². The second-order valence-electron chi connectivity index (χ2n) is 4.62. The predicted molar refractivity (Wildman–Crippen MR) is 68.4 cm³/mol. The minimum Gasteiger partial charge on any atom is -0.344 e. The summed E-state index contributed by atoms with van der Waals surface area (Å²) in [6, 6.07) is 0.259. The molecule has 1 aliphatic rings. The molecular weight excluding hydrogens is 277 g/mol. The van der Waals surface area contributed by atoms with Crippen LogP contribution in [0.3, 0.4) is 0 Å². The fraction of sp³-hybridized carbons (Fsp3) is 0.818. The lowest BCUT2D eigenvalue weighted by molar-refractivity contribution is -0.138. The van der Waals surface area contributed by atoms with Crippen molar-refractivity contribution >= 4 is 16.5 Å². The molecule has 0 radical (unpaired) electrons. The van der Waals surface area contributed by atoms with Crippen molar-refractivity contribution in [3.8, 4) is 0 Å². The van der Waals surface area contributed by atoms with Gasteiger partial charge in [0.05, 0.1) is 0 Å². The molecule has 1 aromatic rings. The third-order valence-electron chi connectivity index (χ3n) is 3.26. The Kier molecular flexibility index (Phi) is 4.62. The fourth-order valence-corrected chi connectivity index (χ4v) is 3.12. The van der Waals surface area contributed by atoms with Crippen molar-refractivity contribution in [1.29, 1.82) is 0 Å². The summed E-state index contributed by atoms with van der Waals surface area (Å²) < 4.78 is 37.6. The molecule has 0 amide bonds. The first-order valence-electron chi connectivity index (χ1n) is 6.34. The Balaban J connectivity index is 2.11. The Bertz CT molecular complexity index is 407. The van der Waals surface area contributed by atoms with E-state index in [0.717, 1.165) is 38.8 Å². The Morgan fingerprint density at radius 3 is 2.79 bits per heavy atom. The summed E-state index contributed by atoms with van der Waals surface area (Å²) >= 11 is 0.642. The fourth-order valence-electron chi connectivity index (χ4n) is 2.31. The van der Waals surface area contributed by atoms with Gasteiger partial charge in [-0.25, -0.2) is 0 Å². The molecule has 1 saturated heterocycles. The average molecular weight is 294 g/mol. The summed E-state index contributed by atoms with van der Waals surface area (Å²) in [7, 11) is 1.87. The molecule has 1 aliphatic heterocycles. The zero-order valence-electron chi connectivity index (χ0n) is 10.7. The van der Waals surface area contributed by atoms with Crippen molar-refractivity contribution in [1.82, 2.24) is 15.5 Å². The van der Waals surface area contributed by atoms with E-state index in [0.29, 0.717) is 16.5 Å². The van der Waals surface area contributed by atoms with Gasteiger partial charge in [0.1, 0.15) is 0 Å². The molecule has 0 bridgehead atoms. The van der Waals surface area contributed by atoms with E-state index in [-0.39, 0.29) is 6.04 Å². The SMILES string of the molecule is CNCCC1CCCCN1c1nnc(C(F)(F)F)s1. The van der Waals surface area contributed by atoms with Crippen LogP contribution in [0, 0.1) is 0 Å². The first-order chi connectivity index (χ1) is 9.02. The van der Waals surface area contributed by atoms with Gasteiger partial charge in [-0.05, 0) is 39.3 Å². The highest BCUT2D eigenvalue weighted by molar-refractivity contribution is 7.15. The van der Waals surface area contributed by atoms with Crippen molar-refractivity contribution < 1.29 is 13.2 Å². The van der Waals surface area contributed by atoms with E-state index in [1.54, 1.807) is 0 Å². The second-order valence-corrected chi connectivity index (χ2v) is 5.58. The van der Waals surface area contributed by atoms with Crippen LogP contribution in [0.25, 0.3) is 0 Å². The van der Waals surface area contributed by atoms with E-state index in [4.69, 9.17) is 0 Å². The highest BCUT2D eigenvalue weighted by atomic mass is 32.1. The lowest BCUT2D eigenvalue weighted by Gasteiger charge is -2.35. The number of nitrogens with one attached hydrogen (secondary N) is 1. The van der Waals surface area contributed by atoms with E-state index in [2.05, 4.69) is 15.5 Å². The molecule has 0 spiro atoms. The highest BCUT2D eigenvalue weighted by Crippen LogP contribution is 2.36. The van der Waals surface area contributed by atoms with Crippen LogP contribution in [0.5, 0.6) is 0 Å². The van der Waals surface area contributed by atoms with Crippen LogP contribution in [0.15, 0.2) is 0 Å². The molecule has 4 nitrogen and oxygen atoms in total. The average Bonchev–Trinajstić information content (AvgIpc) is 2.86. The Morgan fingerprint density at radius 2 is 2.16 bits per heavy atom. The number of anilines is 1. The number of rotatable bonds is 4. The number of piperidine rings is 1. The first-order valence-corrected chi connectivity index (χ1v) is 7.16. The summed E-state index contributed by atoms with van der Waals surface area (Å²) in [5.74, 6) is 0. The molecule has 8 heteroatoms. The topological polar surface area (TPSA) is 41.0 Å². The van der Waals surface area contributed by atoms with Gasteiger partial charge in [0.15, 0.2) is 0 Å². The molecule has 1 unspecified atom stereocenters. The Labute approximate surface area is 114 Å². The number of halogens is 3. The van der Waals surface area contributed by atoms with Crippen LogP contribution in [-0.2, 0) is 6.18 Å². The summed E-state index contributed by atoms with van der Waals surface area (Å²) in [6.07, 6.45) is -0.362. The van der Waals surface area contributed by atoms with Crippen LogP contribution >= 0.6 is 11.3 Å². The molecule has 0 aromatic carbocycles. The van der Waals surface area contributed by atoms with Gasteiger partial charge < -0.3 is 10.2 Å². The lowest BCUT2D eigenvalue weighted by atomic mass is 10.00. The minimum atomic E-state index is -4.40. The molecule has 1 fully saturated rings. The van der Waals surface area contributed by atoms with Crippen LogP contribution in [0.1, 0.15) is 30.7 Å². The maximum Gasteiger partial charge on any atom is 0.445 e.